The van der Waals surface area contributed by atoms with Gasteiger partial charge in [0.1, 0.15) is 16.7 Å². The number of carbonyl (C=O) groups excluding carboxylic acids is 3. The summed E-state index contributed by atoms with van der Waals surface area (Å²) in [6.45, 7) is 21.2. The lowest BCUT2D eigenvalue weighted by molar-refractivity contribution is 0.0949. The van der Waals surface area contributed by atoms with Crippen LogP contribution in [0.15, 0.2) is 179 Å². The molecule has 0 spiro atoms. The van der Waals surface area contributed by atoms with Crippen molar-refractivity contribution in [1.82, 2.24) is 70.2 Å². The van der Waals surface area contributed by atoms with Crippen molar-refractivity contribution >= 4 is 103 Å². The van der Waals surface area contributed by atoms with Crippen LogP contribution >= 0.6 is 0 Å². The predicted molar refractivity (Wildman–Crippen MR) is 463 cm³/mol. The lowest BCUT2D eigenvalue weighted by atomic mass is 10.1. The number of nitrogens with two attached hydrogens (primary N) is 1. The molecule has 6 aromatic carbocycles. The molecule has 6 atom stereocenters. The van der Waals surface area contributed by atoms with E-state index < -0.39 is 28.6 Å². The largest absolute Gasteiger partial charge is 0.368 e. The number of hydrogen-bond acceptors (Lipinski definition) is 21. The fourth-order valence-corrected chi connectivity index (χ4v) is 17.4. The molecular formula is C90H99N21O6. The van der Waals surface area contributed by atoms with Crippen LogP contribution in [0.3, 0.4) is 0 Å². The van der Waals surface area contributed by atoms with Crippen LogP contribution in [0.1, 0.15) is 132 Å². The summed E-state index contributed by atoms with van der Waals surface area (Å²) in [7, 11) is 1.52. The van der Waals surface area contributed by atoms with Gasteiger partial charge in [0, 0.05) is 177 Å². The van der Waals surface area contributed by atoms with Crippen molar-refractivity contribution in [2.45, 2.75) is 143 Å². The Morgan fingerprint density at radius 2 is 0.675 bits per heavy atom. The van der Waals surface area contributed by atoms with E-state index in [1.165, 1.54) is 82.3 Å². The van der Waals surface area contributed by atoms with E-state index in [4.69, 9.17) is 20.7 Å². The first-order valence-electron chi connectivity index (χ1n) is 40.7. The van der Waals surface area contributed by atoms with E-state index in [1.54, 1.807) is 17.0 Å². The molecule has 3 amide bonds. The molecule has 600 valence electrons. The van der Waals surface area contributed by atoms with Gasteiger partial charge in [0.2, 0.25) is 34.1 Å². The minimum absolute atomic E-state index is 0.0574. The maximum Gasteiger partial charge on any atom is 0.256 e. The average molecular weight is 1570 g/mol. The Balaban J connectivity index is 0.000000131. The van der Waals surface area contributed by atoms with Crippen molar-refractivity contribution in [2.75, 3.05) is 83.5 Å². The fourth-order valence-electron chi connectivity index (χ4n) is 17.4. The number of hydrogen-bond donors (Lipinski definition) is 9. The summed E-state index contributed by atoms with van der Waals surface area (Å²) in [5, 5.41) is 26.7. The molecule has 3 aliphatic heterocycles. The second-order valence-corrected chi connectivity index (χ2v) is 31.9. The molecule has 3 fully saturated rings. The van der Waals surface area contributed by atoms with Crippen LogP contribution in [0, 0.1) is 0 Å². The Hall–Kier alpha value is -12.7. The minimum Gasteiger partial charge on any atom is -0.368 e. The van der Waals surface area contributed by atoms with E-state index in [0.717, 1.165) is 131 Å². The second kappa shape index (κ2) is 33.6. The number of carbonyl (C=O) groups is 3. The molecule has 6 aliphatic rings. The van der Waals surface area contributed by atoms with Crippen LogP contribution in [0.25, 0.3) is 50.2 Å². The molecule has 0 radical (unpaired) electrons. The van der Waals surface area contributed by atoms with Crippen molar-refractivity contribution in [3.63, 3.8) is 0 Å². The Bertz CT molecular complexity index is 5960. The van der Waals surface area contributed by atoms with Gasteiger partial charge in [0.25, 0.3) is 17.7 Å². The van der Waals surface area contributed by atoms with E-state index in [0.29, 0.717) is 88.4 Å². The number of aryl methyl sites for hydroxylation is 6. The van der Waals surface area contributed by atoms with Crippen molar-refractivity contribution in [3.8, 4) is 17.1 Å². The van der Waals surface area contributed by atoms with E-state index in [1.807, 2.05) is 70.7 Å². The van der Waals surface area contributed by atoms with Crippen molar-refractivity contribution in [3.05, 3.63) is 245 Å². The third-order valence-electron chi connectivity index (χ3n) is 22.8. The second-order valence-electron chi connectivity index (χ2n) is 31.9. The quantitative estimate of drug-likeness (QED) is 0.0434. The summed E-state index contributed by atoms with van der Waals surface area (Å²) >= 11 is 0. The highest BCUT2D eigenvalue weighted by Gasteiger charge is 2.28. The van der Waals surface area contributed by atoms with Gasteiger partial charge in [0.15, 0.2) is 16.9 Å². The monoisotopic (exact) mass is 1570 g/mol. The summed E-state index contributed by atoms with van der Waals surface area (Å²) in [5.41, 5.74) is 22.2. The molecule has 12 aromatic rings. The molecule has 9 heterocycles. The number of aromatic nitrogens is 9. The molecule has 3 saturated heterocycles. The first-order valence-corrected chi connectivity index (χ1v) is 40.7. The van der Waals surface area contributed by atoms with Gasteiger partial charge in [-0.3, -0.25) is 28.8 Å². The zero-order chi connectivity index (χ0) is 81.3. The third-order valence-corrected chi connectivity index (χ3v) is 22.8. The minimum atomic E-state index is -0.776. The fraction of sp³-hybridized carbons (Fsp3) is 0.333. The van der Waals surface area contributed by atoms with E-state index in [2.05, 4.69) is 187 Å². The summed E-state index contributed by atoms with van der Waals surface area (Å²) in [5.74, 6) is -0.503. The topological polar surface area (TPSA) is 327 Å². The number of piperazine rings is 3. The SMILES string of the molecule is CC1CN(c2ccc(Nc3ncc4c(=O)c(C(N)=O)cn(-c5ccc6c(c5)CCC6)c4n3)cc2)CC(C)N1.CCNC(=O)c1cn(-c2ccc3c(c2)CCC3)c2nc(Nc3ccc(N4CC(C)NC(C)C4)cc3)ncc2c1=O.CNC(=O)c1cn(-c2ccc3c(c2)CCC3)c2nc(Nc3ccc(N4CC(C)NC(C)C4)cc3)ncc2c1=O. The highest BCUT2D eigenvalue weighted by atomic mass is 16.2. The first kappa shape index (κ1) is 78.2. The van der Waals surface area contributed by atoms with Gasteiger partial charge >= 0.3 is 0 Å². The summed E-state index contributed by atoms with van der Waals surface area (Å²) in [4.78, 5) is 112. The number of rotatable bonds is 16. The Labute approximate surface area is 678 Å². The van der Waals surface area contributed by atoms with Gasteiger partial charge in [-0.15, -0.1) is 0 Å². The molecule has 18 rings (SSSR count). The van der Waals surface area contributed by atoms with Crippen LogP contribution in [-0.2, 0) is 38.5 Å². The highest BCUT2D eigenvalue weighted by molar-refractivity contribution is 5.99. The summed E-state index contributed by atoms with van der Waals surface area (Å²) in [6.07, 6.45) is 18.8. The van der Waals surface area contributed by atoms with Gasteiger partial charge in [-0.2, -0.15) is 15.0 Å². The van der Waals surface area contributed by atoms with Crippen molar-refractivity contribution in [1.29, 1.82) is 0 Å². The van der Waals surface area contributed by atoms with Gasteiger partial charge in [-0.25, -0.2) is 15.0 Å². The average Bonchev–Trinajstić information content (AvgIpc) is 1.26. The van der Waals surface area contributed by atoms with Gasteiger partial charge in [0.05, 0.1) is 16.2 Å². The maximum absolute atomic E-state index is 13.3. The van der Waals surface area contributed by atoms with Gasteiger partial charge in [-0.1, -0.05) is 18.2 Å². The maximum atomic E-state index is 13.3. The number of nitrogens with one attached hydrogen (secondary N) is 8. The molecule has 6 unspecified atom stereocenters. The van der Waals surface area contributed by atoms with E-state index >= 15 is 0 Å². The summed E-state index contributed by atoms with van der Waals surface area (Å²) in [6, 6.07) is 46.1. The zero-order valence-corrected chi connectivity index (χ0v) is 67.3. The van der Waals surface area contributed by atoms with Crippen LogP contribution in [0.4, 0.5) is 52.0 Å². The molecule has 0 bridgehead atoms. The molecule has 27 heteroatoms. The lowest BCUT2D eigenvalue weighted by Gasteiger charge is -2.37. The highest BCUT2D eigenvalue weighted by Crippen LogP contribution is 2.33. The smallest absolute Gasteiger partial charge is 0.256 e. The summed E-state index contributed by atoms with van der Waals surface area (Å²) < 4.78 is 5.42. The predicted octanol–water partition coefficient (Wildman–Crippen LogP) is 10.8. The molecule has 0 saturated carbocycles. The number of benzene rings is 6. The number of fused-ring (bicyclic) bond motifs is 6. The number of pyridine rings is 3. The zero-order valence-electron chi connectivity index (χ0n) is 67.3. The molecule has 27 nitrogen and oxygen atoms in total. The molecular weight excluding hydrogens is 1470 g/mol. The number of amides is 3. The normalized spacial score (nSPS) is 18.7. The number of anilines is 9. The van der Waals surface area contributed by atoms with Gasteiger partial charge in [-0.05, 0) is 249 Å². The van der Waals surface area contributed by atoms with E-state index in [-0.39, 0.29) is 27.5 Å². The third kappa shape index (κ3) is 16.9. The Morgan fingerprint density at radius 1 is 0.393 bits per heavy atom. The number of primary amides is 1. The lowest BCUT2D eigenvalue weighted by Crippen LogP contribution is -2.54. The molecule has 3 aliphatic carbocycles. The van der Waals surface area contributed by atoms with Crippen LogP contribution in [0.2, 0.25) is 0 Å². The van der Waals surface area contributed by atoms with Gasteiger partial charge < -0.3 is 76.7 Å². The standard InChI is InChI=1S/C31H35N7O2.C30H33N7O2.C29H31N7O2/c1-4-32-30(40)27-18-38(25-11-8-21-6-5-7-22(21)14-25)29-26(28(27)39)15-33-31(36-29)35-23-9-12-24(13-10-23)37-16-19(2)34-20(3)17-37;1-18-15-36(16-19(2)33-18)23-11-8-22(9-12-23)34-30-32-14-25-27(38)26(29(39)31-3)17-37(28(25)35-30)24-10-7-20-5-4-6-21(20)13-24;1-17-14-35(15-18(2)32-17)22-10-7-21(8-11-22)33-29-31-13-24-26(37)25(27(30)38)16-36(28(24)34-29)23-9-6-19-4-3-5-20(19)12-23/h8-15,18-20,34H,4-7,16-17H2,1-3H3,(H,32,40)(H,33,35,36);7-14,17-19,33H,4-6,15-16H2,1-3H3,(H,31,39)(H,32,34,35);6-13,16-18,32H,3-5,14-15H2,1-2H3,(H2,30,38)(H,31,33,34). The van der Waals surface area contributed by atoms with Crippen molar-refractivity contribution in [2.24, 2.45) is 5.73 Å². The molecule has 10 N–H and O–H groups in total. The van der Waals surface area contributed by atoms with Crippen LogP contribution in [-0.4, -0.2) is 150 Å². The van der Waals surface area contributed by atoms with Crippen molar-refractivity contribution < 1.29 is 14.4 Å². The first-order chi connectivity index (χ1) is 56.6. The van der Waals surface area contributed by atoms with Crippen LogP contribution < -0.4 is 79.3 Å². The Kier molecular flexibility index (Phi) is 22.5. The number of nitrogens with zero attached hydrogens (tertiary/aromatic N) is 12. The molecule has 6 aromatic heterocycles. The Morgan fingerprint density at radius 3 is 0.974 bits per heavy atom. The molecule has 117 heavy (non-hydrogen) atoms. The van der Waals surface area contributed by atoms with E-state index in [9.17, 15) is 28.8 Å². The van der Waals surface area contributed by atoms with Crippen LogP contribution in [0.5, 0.6) is 0 Å².